The molecule has 5 rings (SSSR count). The molecule has 2 heterocycles. The molecule has 0 saturated carbocycles. The van der Waals surface area contributed by atoms with Gasteiger partial charge in [0.1, 0.15) is 16.6 Å². The lowest BCUT2D eigenvalue weighted by atomic mass is 10.1. The number of fused-ring (bicyclic) bond motifs is 1. The first-order chi connectivity index (χ1) is 18.8. The topological polar surface area (TPSA) is 111 Å². The van der Waals surface area contributed by atoms with E-state index in [4.69, 9.17) is 21.3 Å². The van der Waals surface area contributed by atoms with Gasteiger partial charge in [-0.1, -0.05) is 35.9 Å². The molecule has 1 aliphatic heterocycles. The summed E-state index contributed by atoms with van der Waals surface area (Å²) in [6, 6.07) is 18.4. The fraction of sp³-hybridized carbons (Fsp3) is 0.250. The average Bonchev–Trinajstić information content (AvgIpc) is 2.96. The van der Waals surface area contributed by atoms with Crippen molar-refractivity contribution < 1.29 is 14.5 Å². The summed E-state index contributed by atoms with van der Waals surface area (Å²) < 4.78 is 7.17. The second-order valence-corrected chi connectivity index (χ2v) is 9.63. The standard InChI is InChI=1S/C28H26ClN5O5/c1-18(31-13-15-32(16-14-31)27(35)19-11-12-21(29)24(17-19)34(37)38)26-30-22-8-4-3-7-20(22)28(36)33(26)23-9-5-6-10-25(23)39-2/h3-12,17-18H,13-16H2,1-2H3. The molecule has 1 aliphatic rings. The molecule has 0 radical (unpaired) electrons. The second-order valence-electron chi connectivity index (χ2n) is 9.23. The van der Waals surface area contributed by atoms with E-state index in [2.05, 4.69) is 4.90 Å². The Hall–Kier alpha value is -4.28. The Morgan fingerprint density at radius 1 is 1.05 bits per heavy atom. The Kier molecular flexibility index (Phi) is 7.32. The van der Waals surface area contributed by atoms with E-state index < -0.39 is 4.92 Å². The Balaban J connectivity index is 1.44. The summed E-state index contributed by atoms with van der Waals surface area (Å²) in [4.78, 5) is 46.2. The minimum Gasteiger partial charge on any atom is -0.495 e. The summed E-state index contributed by atoms with van der Waals surface area (Å²) in [5.41, 5.74) is 0.933. The highest BCUT2D eigenvalue weighted by atomic mass is 35.5. The molecule has 1 amide bonds. The van der Waals surface area contributed by atoms with Crippen LogP contribution in [-0.2, 0) is 0 Å². The van der Waals surface area contributed by atoms with Crippen LogP contribution in [0.3, 0.4) is 0 Å². The van der Waals surface area contributed by atoms with Crippen molar-refractivity contribution in [2.45, 2.75) is 13.0 Å². The van der Waals surface area contributed by atoms with Gasteiger partial charge in [-0.3, -0.25) is 29.2 Å². The van der Waals surface area contributed by atoms with Crippen LogP contribution >= 0.6 is 11.6 Å². The van der Waals surface area contributed by atoms with Crippen LogP contribution in [0.2, 0.25) is 5.02 Å². The summed E-state index contributed by atoms with van der Waals surface area (Å²) in [7, 11) is 1.56. The maximum Gasteiger partial charge on any atom is 0.288 e. The third-order valence-electron chi connectivity index (χ3n) is 7.04. The molecule has 4 aromatic rings. The van der Waals surface area contributed by atoms with Crippen LogP contribution in [0, 0.1) is 10.1 Å². The van der Waals surface area contributed by atoms with Gasteiger partial charge < -0.3 is 9.64 Å². The average molecular weight is 548 g/mol. The van der Waals surface area contributed by atoms with Gasteiger partial charge in [-0.15, -0.1) is 0 Å². The zero-order chi connectivity index (χ0) is 27.7. The number of nitro groups is 1. The van der Waals surface area contributed by atoms with Gasteiger partial charge in [0.2, 0.25) is 0 Å². The predicted octanol–water partition coefficient (Wildman–Crippen LogP) is 4.47. The Labute approximate surface area is 229 Å². The van der Waals surface area contributed by atoms with Crippen molar-refractivity contribution in [3.05, 3.63) is 104 Å². The van der Waals surface area contributed by atoms with E-state index in [1.807, 2.05) is 43.3 Å². The highest BCUT2D eigenvalue weighted by Gasteiger charge is 2.29. The molecular formula is C28H26ClN5O5. The van der Waals surface area contributed by atoms with E-state index >= 15 is 0 Å². The molecular weight excluding hydrogens is 522 g/mol. The summed E-state index contributed by atoms with van der Waals surface area (Å²) in [5, 5.41) is 11.7. The molecule has 0 spiro atoms. The molecule has 1 atom stereocenters. The lowest BCUT2D eigenvalue weighted by Gasteiger charge is -2.38. The fourth-order valence-corrected chi connectivity index (χ4v) is 5.11. The number of aromatic nitrogens is 2. The number of hydrogen-bond acceptors (Lipinski definition) is 7. The lowest BCUT2D eigenvalue weighted by Crippen LogP contribution is -2.50. The van der Waals surface area contributed by atoms with Gasteiger partial charge in [-0.05, 0) is 43.3 Å². The maximum atomic E-state index is 13.7. The summed E-state index contributed by atoms with van der Waals surface area (Å²) in [5.74, 6) is 0.825. The number of halogens is 1. The molecule has 39 heavy (non-hydrogen) atoms. The number of nitrogens with zero attached hydrogens (tertiary/aromatic N) is 5. The SMILES string of the molecule is COc1ccccc1-n1c(C(C)N2CCN(C(=O)c3ccc(Cl)c([N+](=O)[O-])c3)CC2)nc2ccccc2c1=O. The first-order valence-corrected chi connectivity index (χ1v) is 12.8. The summed E-state index contributed by atoms with van der Waals surface area (Å²) in [6.07, 6.45) is 0. The van der Waals surface area contributed by atoms with Crippen LogP contribution in [0.15, 0.2) is 71.5 Å². The van der Waals surface area contributed by atoms with E-state index in [-0.39, 0.29) is 33.8 Å². The van der Waals surface area contributed by atoms with E-state index in [1.54, 1.807) is 28.7 Å². The number of amides is 1. The highest BCUT2D eigenvalue weighted by Crippen LogP contribution is 2.29. The molecule has 10 nitrogen and oxygen atoms in total. The first kappa shape index (κ1) is 26.3. The molecule has 1 fully saturated rings. The lowest BCUT2D eigenvalue weighted by molar-refractivity contribution is -0.384. The van der Waals surface area contributed by atoms with Gasteiger partial charge in [0.15, 0.2) is 0 Å². The molecule has 0 aliphatic carbocycles. The monoisotopic (exact) mass is 547 g/mol. The third-order valence-corrected chi connectivity index (χ3v) is 7.36. The number of nitro benzene ring substituents is 1. The van der Waals surface area contributed by atoms with Crippen LogP contribution in [0.1, 0.15) is 29.1 Å². The Morgan fingerprint density at radius 3 is 2.46 bits per heavy atom. The van der Waals surface area contributed by atoms with Gasteiger partial charge in [0, 0.05) is 37.8 Å². The van der Waals surface area contributed by atoms with Gasteiger partial charge in [-0.25, -0.2) is 4.98 Å². The number of hydrogen-bond donors (Lipinski definition) is 0. The van der Waals surface area contributed by atoms with E-state index in [9.17, 15) is 19.7 Å². The number of piperazine rings is 1. The molecule has 11 heteroatoms. The van der Waals surface area contributed by atoms with Gasteiger partial charge in [0.05, 0.1) is 34.7 Å². The molecule has 1 aromatic heterocycles. The van der Waals surface area contributed by atoms with Crippen LogP contribution in [0.4, 0.5) is 5.69 Å². The molecule has 3 aromatic carbocycles. The van der Waals surface area contributed by atoms with Crippen LogP contribution in [-0.4, -0.2) is 63.5 Å². The fourth-order valence-electron chi connectivity index (χ4n) is 4.92. The van der Waals surface area contributed by atoms with Gasteiger partial charge >= 0.3 is 0 Å². The minimum absolute atomic E-state index is 0.0147. The number of ether oxygens (including phenoxy) is 1. The number of rotatable bonds is 6. The molecule has 1 unspecified atom stereocenters. The summed E-state index contributed by atoms with van der Waals surface area (Å²) in [6.45, 7) is 3.86. The normalized spacial score (nSPS) is 14.8. The number of methoxy groups -OCH3 is 1. The van der Waals surface area contributed by atoms with Crippen LogP contribution in [0.5, 0.6) is 5.75 Å². The van der Waals surface area contributed by atoms with Crippen molar-refractivity contribution in [1.29, 1.82) is 0 Å². The van der Waals surface area contributed by atoms with E-state index in [1.165, 1.54) is 18.2 Å². The first-order valence-electron chi connectivity index (χ1n) is 12.4. The minimum atomic E-state index is -0.601. The molecule has 0 bridgehead atoms. The van der Waals surface area contributed by atoms with Crippen LogP contribution < -0.4 is 10.3 Å². The van der Waals surface area contributed by atoms with Gasteiger partial charge in [-0.2, -0.15) is 0 Å². The number of carbonyl (C=O) groups is 1. The van der Waals surface area contributed by atoms with Crippen molar-refractivity contribution in [3.63, 3.8) is 0 Å². The smallest absolute Gasteiger partial charge is 0.288 e. The quantitative estimate of drug-likeness (QED) is 0.258. The van der Waals surface area contributed by atoms with Crippen molar-refractivity contribution in [1.82, 2.24) is 19.4 Å². The Bertz CT molecular complexity index is 1630. The second kappa shape index (κ2) is 10.8. The van der Waals surface area contributed by atoms with Crippen molar-refractivity contribution in [2.24, 2.45) is 0 Å². The third kappa shape index (κ3) is 4.96. The van der Waals surface area contributed by atoms with Crippen molar-refractivity contribution in [3.8, 4) is 11.4 Å². The predicted molar refractivity (Wildman–Crippen MR) is 148 cm³/mol. The molecule has 200 valence electrons. The maximum absolute atomic E-state index is 13.7. The van der Waals surface area contributed by atoms with E-state index in [0.29, 0.717) is 54.3 Å². The van der Waals surface area contributed by atoms with Crippen molar-refractivity contribution in [2.75, 3.05) is 33.3 Å². The largest absolute Gasteiger partial charge is 0.495 e. The van der Waals surface area contributed by atoms with Crippen LogP contribution in [0.25, 0.3) is 16.6 Å². The summed E-state index contributed by atoms with van der Waals surface area (Å²) >= 11 is 5.91. The zero-order valence-electron chi connectivity index (χ0n) is 21.4. The molecule has 0 N–H and O–H groups in total. The number of benzene rings is 3. The number of carbonyl (C=O) groups excluding carboxylic acids is 1. The number of para-hydroxylation sites is 3. The highest BCUT2D eigenvalue weighted by molar-refractivity contribution is 6.32. The van der Waals surface area contributed by atoms with Crippen molar-refractivity contribution >= 4 is 34.1 Å². The van der Waals surface area contributed by atoms with Gasteiger partial charge in [0.25, 0.3) is 17.2 Å². The Morgan fingerprint density at radius 2 is 1.74 bits per heavy atom. The molecule has 1 saturated heterocycles. The van der Waals surface area contributed by atoms with E-state index in [0.717, 1.165) is 0 Å². The zero-order valence-corrected chi connectivity index (χ0v) is 22.2.